The summed E-state index contributed by atoms with van der Waals surface area (Å²) in [6.07, 6.45) is 8.24. The number of nitriles is 1. The summed E-state index contributed by atoms with van der Waals surface area (Å²) in [4.78, 5) is 67.8. The van der Waals surface area contributed by atoms with Crippen LogP contribution in [0.5, 0.6) is 5.75 Å². The number of halogens is 1. The second kappa shape index (κ2) is 16.4. The van der Waals surface area contributed by atoms with Gasteiger partial charge in [0, 0.05) is 98.6 Å². The molecule has 2 N–H and O–H groups in total. The molecule has 2 atom stereocenters. The Bertz CT molecular complexity index is 2440. The Morgan fingerprint density at radius 1 is 0.934 bits per heavy atom. The average Bonchev–Trinajstić information content (AvgIpc) is 3.49. The molecule has 0 bridgehead atoms. The molecule has 8 rings (SSSR count). The van der Waals surface area contributed by atoms with Crippen LogP contribution in [0.15, 0.2) is 59.8 Å². The molecule has 15 nitrogen and oxygen atoms in total. The van der Waals surface area contributed by atoms with Crippen LogP contribution in [0.4, 0.5) is 11.6 Å². The second-order valence-corrected chi connectivity index (χ2v) is 18.8. The Morgan fingerprint density at radius 2 is 1.67 bits per heavy atom. The fourth-order valence-corrected chi connectivity index (χ4v) is 10.4. The Morgan fingerprint density at radius 3 is 2.36 bits per heavy atom. The lowest BCUT2D eigenvalue weighted by atomic mass is 9.49. The number of nitrogens with one attached hydrogen (secondary N) is 2. The number of nitrogens with zero attached hydrogens (tertiary/aromatic N) is 8. The molecule has 3 saturated heterocycles. The minimum absolute atomic E-state index is 0.157. The highest BCUT2D eigenvalue weighted by Gasteiger charge is 2.64. The van der Waals surface area contributed by atoms with Gasteiger partial charge in [-0.3, -0.25) is 29.4 Å². The largest absolute Gasteiger partial charge is 0.489 e. The number of rotatable bonds is 9. The molecule has 2 aromatic heterocycles. The van der Waals surface area contributed by atoms with Crippen LogP contribution < -0.4 is 30.7 Å². The van der Waals surface area contributed by atoms with Gasteiger partial charge in [0.25, 0.3) is 17.4 Å². The SMILES string of the molecule is CC1(C)C(NC(=O)c2cnc(N3CCCC(CN4CCN(c5ccc6c(=O)n([C@@]7(C)CCC(=O)NC7=O)ncc6c5)CC4)CC3)nc2)C(C)(C)C1Oc1ccc(C#N)c(Cl)c1. The van der Waals surface area contributed by atoms with E-state index in [0.717, 1.165) is 76.1 Å². The number of amides is 3. The van der Waals surface area contributed by atoms with Crippen LogP contribution in [0.3, 0.4) is 0 Å². The summed E-state index contributed by atoms with van der Waals surface area (Å²) < 4.78 is 7.59. The van der Waals surface area contributed by atoms with E-state index in [2.05, 4.69) is 74.2 Å². The summed E-state index contributed by atoms with van der Waals surface area (Å²) in [6.45, 7) is 16.3. The maximum atomic E-state index is 13.5. The highest BCUT2D eigenvalue weighted by atomic mass is 35.5. The standard InChI is InChI=1S/C45H53ClN10O5/c1-43(2)39(44(3,4)40(43)61-33-10-8-29(23-47)35(46)22-33)52-37(58)31-24-48-42(49-25-31)55-15-6-7-28(13-16-55)27-53-17-19-54(20-18-53)32-9-11-34-30(21-32)26-50-56(38(34)59)45(5)14-12-36(57)51-41(45)60/h8-11,21-22,24-26,28,39-40H,6-7,12-20,27H2,1-5H3,(H,52,58)(H,51,57,60)/t28?,39?,40?,45-/m0/s1. The molecule has 4 aromatic rings. The Hall–Kier alpha value is -5.59. The number of carbonyl (C=O) groups excluding carboxylic acids is 3. The number of fused-ring (bicyclic) bond motifs is 1. The van der Waals surface area contributed by atoms with E-state index in [0.29, 0.717) is 39.2 Å². The zero-order valence-corrected chi connectivity index (χ0v) is 36.2. The van der Waals surface area contributed by atoms with Crippen molar-refractivity contribution in [2.75, 3.05) is 55.6 Å². The summed E-state index contributed by atoms with van der Waals surface area (Å²) in [5.74, 6) is 0.704. The van der Waals surface area contributed by atoms with E-state index < -0.39 is 11.4 Å². The smallest absolute Gasteiger partial charge is 0.275 e. The zero-order valence-electron chi connectivity index (χ0n) is 35.4. The lowest BCUT2D eigenvalue weighted by Gasteiger charge is -2.63. The van der Waals surface area contributed by atoms with Gasteiger partial charge in [-0.2, -0.15) is 10.4 Å². The van der Waals surface area contributed by atoms with Crippen LogP contribution in [0, 0.1) is 28.1 Å². The van der Waals surface area contributed by atoms with E-state index in [4.69, 9.17) is 16.3 Å². The zero-order chi connectivity index (χ0) is 43.3. The normalized spacial score (nSPS) is 25.2. The van der Waals surface area contributed by atoms with Crippen molar-refractivity contribution in [3.8, 4) is 11.8 Å². The number of piperidine rings is 1. The molecule has 0 radical (unpaired) electrons. The fraction of sp³-hybridized carbons (Fsp3) is 0.511. The number of hydrogen-bond donors (Lipinski definition) is 2. The van der Waals surface area contributed by atoms with Crippen molar-refractivity contribution in [1.29, 1.82) is 5.26 Å². The van der Waals surface area contributed by atoms with Crippen molar-refractivity contribution in [1.82, 2.24) is 35.3 Å². The Labute approximate surface area is 360 Å². The third-order valence-corrected chi connectivity index (χ3v) is 13.8. The molecular formula is C45H53ClN10O5. The Kier molecular flexibility index (Phi) is 11.3. The van der Waals surface area contributed by atoms with E-state index in [-0.39, 0.29) is 53.2 Å². The van der Waals surface area contributed by atoms with Gasteiger partial charge in [0.05, 0.1) is 27.7 Å². The predicted octanol–water partition coefficient (Wildman–Crippen LogP) is 4.90. The number of imide groups is 1. The van der Waals surface area contributed by atoms with Crippen LogP contribution >= 0.6 is 11.6 Å². The summed E-state index contributed by atoms with van der Waals surface area (Å²) in [5.41, 5.74) is -0.498. The van der Waals surface area contributed by atoms with E-state index in [9.17, 15) is 24.4 Å². The first-order valence-electron chi connectivity index (χ1n) is 21.2. The van der Waals surface area contributed by atoms with Gasteiger partial charge in [0.1, 0.15) is 23.5 Å². The van der Waals surface area contributed by atoms with Gasteiger partial charge in [-0.1, -0.05) is 39.3 Å². The fourth-order valence-electron chi connectivity index (χ4n) is 10.2. The Balaban J connectivity index is 0.811. The van der Waals surface area contributed by atoms with Crippen LogP contribution in [0.1, 0.15) is 82.6 Å². The number of aromatic nitrogens is 4. The van der Waals surface area contributed by atoms with Gasteiger partial charge in [-0.15, -0.1) is 0 Å². The number of piperazine rings is 1. The second-order valence-electron chi connectivity index (χ2n) is 18.4. The maximum Gasteiger partial charge on any atom is 0.275 e. The molecular weight excluding hydrogens is 796 g/mol. The summed E-state index contributed by atoms with van der Waals surface area (Å²) in [6, 6.07) is 12.7. The number of carbonyl (C=O) groups is 3. The lowest BCUT2D eigenvalue weighted by molar-refractivity contribution is -0.164. The minimum Gasteiger partial charge on any atom is -0.489 e. The molecule has 3 amide bonds. The molecule has 5 heterocycles. The number of benzene rings is 2. The van der Waals surface area contributed by atoms with Gasteiger partial charge in [-0.05, 0) is 68.9 Å². The van der Waals surface area contributed by atoms with E-state index >= 15 is 0 Å². The molecule has 320 valence electrons. The van der Waals surface area contributed by atoms with Crippen LogP contribution in [-0.4, -0.2) is 100 Å². The van der Waals surface area contributed by atoms with Crippen molar-refractivity contribution >= 4 is 51.7 Å². The number of ether oxygens (including phenoxy) is 1. The monoisotopic (exact) mass is 848 g/mol. The van der Waals surface area contributed by atoms with E-state index in [1.165, 1.54) is 4.68 Å². The molecule has 1 saturated carbocycles. The minimum atomic E-state index is -1.22. The van der Waals surface area contributed by atoms with E-state index in [1.54, 1.807) is 43.7 Å². The third kappa shape index (κ3) is 8.03. The first kappa shape index (κ1) is 42.1. The highest BCUT2D eigenvalue weighted by Crippen LogP contribution is 2.55. The summed E-state index contributed by atoms with van der Waals surface area (Å²) in [5, 5.41) is 20.7. The van der Waals surface area contributed by atoms with Crippen molar-refractivity contribution in [3.05, 3.63) is 81.5 Å². The molecule has 16 heteroatoms. The first-order chi connectivity index (χ1) is 29.1. The summed E-state index contributed by atoms with van der Waals surface area (Å²) >= 11 is 6.25. The van der Waals surface area contributed by atoms with Crippen LogP contribution in [0.25, 0.3) is 10.8 Å². The van der Waals surface area contributed by atoms with E-state index in [1.807, 2.05) is 18.2 Å². The topological polar surface area (TPSA) is 179 Å². The quantitative estimate of drug-likeness (QED) is 0.218. The molecule has 4 aliphatic rings. The highest BCUT2D eigenvalue weighted by molar-refractivity contribution is 6.31. The molecule has 4 fully saturated rings. The van der Waals surface area contributed by atoms with Crippen LogP contribution in [-0.2, 0) is 15.1 Å². The predicted molar refractivity (Wildman–Crippen MR) is 232 cm³/mol. The number of hydrogen-bond acceptors (Lipinski definition) is 12. The third-order valence-electron chi connectivity index (χ3n) is 13.5. The van der Waals surface area contributed by atoms with Gasteiger partial charge < -0.3 is 19.9 Å². The van der Waals surface area contributed by atoms with Gasteiger partial charge in [0.2, 0.25) is 11.9 Å². The van der Waals surface area contributed by atoms with Crippen molar-refractivity contribution in [2.45, 2.75) is 84.4 Å². The first-order valence-corrected chi connectivity index (χ1v) is 21.5. The summed E-state index contributed by atoms with van der Waals surface area (Å²) in [7, 11) is 0. The van der Waals surface area contributed by atoms with Gasteiger partial charge in [-0.25, -0.2) is 14.6 Å². The lowest BCUT2D eigenvalue weighted by Crippen LogP contribution is -2.74. The van der Waals surface area contributed by atoms with Gasteiger partial charge in [0.15, 0.2) is 0 Å². The van der Waals surface area contributed by atoms with Crippen molar-refractivity contribution in [2.24, 2.45) is 16.7 Å². The molecule has 61 heavy (non-hydrogen) atoms. The molecule has 2 aromatic carbocycles. The van der Waals surface area contributed by atoms with Crippen LogP contribution in [0.2, 0.25) is 5.02 Å². The maximum absolute atomic E-state index is 13.5. The van der Waals surface area contributed by atoms with Crippen molar-refractivity contribution < 1.29 is 19.1 Å². The average molecular weight is 849 g/mol. The molecule has 1 aliphatic carbocycles. The molecule has 0 spiro atoms. The molecule has 3 aliphatic heterocycles. The van der Waals surface area contributed by atoms with Gasteiger partial charge >= 0.3 is 0 Å². The number of anilines is 2. The van der Waals surface area contributed by atoms with Crippen molar-refractivity contribution in [3.63, 3.8) is 0 Å². The molecule has 1 unspecified atom stereocenters.